The van der Waals surface area contributed by atoms with Crippen molar-refractivity contribution in [3.05, 3.63) is 23.2 Å². The van der Waals surface area contributed by atoms with E-state index in [4.69, 9.17) is 5.11 Å². The number of carbonyl (C=O) groups is 1. The molecule has 0 aromatic carbocycles. The van der Waals surface area contributed by atoms with Crippen LogP contribution < -0.4 is 0 Å². The Morgan fingerprint density at radius 1 is 1.67 bits per heavy atom. The van der Waals surface area contributed by atoms with Crippen molar-refractivity contribution in [2.24, 2.45) is 0 Å². The van der Waals surface area contributed by atoms with E-state index in [0.717, 1.165) is 13.2 Å². The summed E-state index contributed by atoms with van der Waals surface area (Å²) >= 11 is 0. The van der Waals surface area contributed by atoms with E-state index in [9.17, 15) is 13.6 Å². The summed E-state index contributed by atoms with van der Waals surface area (Å²) in [5, 5.41) is 8.42. The largest absolute Gasteiger partial charge is 0.465 e. The van der Waals surface area contributed by atoms with Crippen LogP contribution >= 0.6 is 0 Å². The Hall–Kier alpha value is -1.43. The van der Waals surface area contributed by atoms with E-state index in [-0.39, 0.29) is 11.3 Å². The molecule has 1 heterocycles. The Morgan fingerprint density at radius 3 is 2.73 bits per heavy atom. The molecule has 0 saturated heterocycles. The predicted molar refractivity (Wildman–Crippen MR) is 45.8 cm³/mol. The number of ether oxygens (including phenoxy) is 1. The molecule has 0 unspecified atom stereocenters. The lowest BCUT2D eigenvalue weighted by Gasteiger charge is -2.08. The number of esters is 1. The number of hydrogen-bond acceptors (Lipinski definition) is 4. The number of hydrogen-bond donors (Lipinski definition) is 1. The first-order valence-corrected chi connectivity index (χ1v) is 4.10. The molecule has 0 bridgehead atoms. The summed E-state index contributed by atoms with van der Waals surface area (Å²) in [5.74, 6) is -4.96. The van der Waals surface area contributed by atoms with Crippen LogP contribution in [-0.2, 0) is 10.7 Å². The van der Waals surface area contributed by atoms with Gasteiger partial charge in [0.1, 0.15) is 17.9 Å². The molecule has 0 atom stereocenters. The highest BCUT2D eigenvalue weighted by molar-refractivity contribution is 5.90. The molecule has 1 aromatic heterocycles. The molecule has 6 heteroatoms. The molecule has 1 N–H and O–H groups in total. The average molecular weight is 220 g/mol. The van der Waals surface area contributed by atoms with Crippen molar-refractivity contribution in [3.63, 3.8) is 0 Å². The number of aliphatic hydroxyl groups excluding tert-OH is 1. The van der Waals surface area contributed by atoms with Crippen molar-refractivity contribution in [2.45, 2.75) is 12.8 Å². The minimum Gasteiger partial charge on any atom is -0.465 e. The highest BCUT2D eigenvalue weighted by Crippen LogP contribution is 2.30. The maximum atomic E-state index is 12.9. The number of aryl methyl sites for hydroxylation is 1. The number of alkyl halides is 2. The Bertz CT molecular complexity index is 370. The molecule has 1 rings (SSSR count). The molecule has 0 aliphatic heterocycles. The Kier molecular flexibility index (Phi) is 3.09. The monoisotopic (exact) mass is 220 g/mol. The molecule has 1 aromatic rings. The standard InChI is InChI=1S/C9H10F2O4/c1-5-6(8(13)14-2)3-7(15-5)9(10,11)4-12/h3,12H,4H2,1-2H3. The number of halogens is 2. The van der Waals surface area contributed by atoms with E-state index in [2.05, 4.69) is 9.15 Å². The molecule has 0 fully saturated rings. The number of rotatable bonds is 3. The van der Waals surface area contributed by atoms with Crippen LogP contribution in [0.4, 0.5) is 8.78 Å². The first-order chi connectivity index (χ1) is 6.92. The zero-order valence-corrected chi connectivity index (χ0v) is 8.21. The molecular weight excluding hydrogens is 210 g/mol. The van der Waals surface area contributed by atoms with E-state index in [1.165, 1.54) is 6.92 Å². The van der Waals surface area contributed by atoms with Gasteiger partial charge < -0.3 is 14.3 Å². The summed E-state index contributed by atoms with van der Waals surface area (Å²) in [6, 6.07) is 0.872. The zero-order valence-electron chi connectivity index (χ0n) is 8.21. The molecule has 84 valence electrons. The molecule has 0 spiro atoms. The Labute approximate surface area is 84.5 Å². The molecule has 0 aliphatic carbocycles. The predicted octanol–water partition coefficient (Wildman–Crippen LogP) is 1.46. The van der Waals surface area contributed by atoms with Gasteiger partial charge in [-0.15, -0.1) is 0 Å². The molecule has 4 nitrogen and oxygen atoms in total. The van der Waals surface area contributed by atoms with Gasteiger partial charge in [-0.2, -0.15) is 8.78 Å². The van der Waals surface area contributed by atoms with Crippen molar-refractivity contribution in [1.82, 2.24) is 0 Å². The van der Waals surface area contributed by atoms with E-state index in [0.29, 0.717) is 0 Å². The average Bonchev–Trinajstić information content (AvgIpc) is 2.60. The Balaban J connectivity index is 3.11. The van der Waals surface area contributed by atoms with Crippen LogP contribution in [-0.4, -0.2) is 24.8 Å². The van der Waals surface area contributed by atoms with Gasteiger partial charge in [0.15, 0.2) is 5.76 Å². The highest BCUT2D eigenvalue weighted by Gasteiger charge is 2.36. The third-order valence-corrected chi connectivity index (χ3v) is 1.88. The summed E-state index contributed by atoms with van der Waals surface area (Å²) in [6.07, 6.45) is 0. The van der Waals surface area contributed by atoms with Crippen LogP contribution in [0.5, 0.6) is 0 Å². The fourth-order valence-corrected chi connectivity index (χ4v) is 1.05. The minimum absolute atomic E-state index is 0.0324. The second kappa shape index (κ2) is 3.98. The smallest absolute Gasteiger partial charge is 0.341 e. The molecule has 0 radical (unpaired) electrons. The topological polar surface area (TPSA) is 59.7 Å². The zero-order chi connectivity index (χ0) is 11.6. The third-order valence-electron chi connectivity index (χ3n) is 1.88. The van der Waals surface area contributed by atoms with Crippen LogP contribution in [0.3, 0.4) is 0 Å². The van der Waals surface area contributed by atoms with Gasteiger partial charge in [0.2, 0.25) is 0 Å². The maximum Gasteiger partial charge on any atom is 0.341 e. The van der Waals surface area contributed by atoms with Crippen molar-refractivity contribution in [2.75, 3.05) is 13.7 Å². The SMILES string of the molecule is COC(=O)c1cc(C(F)(F)CO)oc1C. The van der Waals surface area contributed by atoms with Gasteiger partial charge >= 0.3 is 11.9 Å². The van der Waals surface area contributed by atoms with Crippen molar-refractivity contribution in [3.8, 4) is 0 Å². The number of aliphatic hydroxyl groups is 1. The van der Waals surface area contributed by atoms with E-state index in [1.807, 2.05) is 0 Å². The second-order valence-corrected chi connectivity index (χ2v) is 2.93. The summed E-state index contributed by atoms with van der Waals surface area (Å²) in [7, 11) is 1.14. The summed E-state index contributed by atoms with van der Waals surface area (Å²) in [5.41, 5.74) is -0.0689. The van der Waals surface area contributed by atoms with Crippen molar-refractivity contribution >= 4 is 5.97 Å². The van der Waals surface area contributed by atoms with E-state index in [1.54, 1.807) is 0 Å². The summed E-state index contributed by atoms with van der Waals surface area (Å²) in [4.78, 5) is 11.1. The van der Waals surface area contributed by atoms with Gasteiger partial charge in [0.05, 0.1) is 7.11 Å². The van der Waals surface area contributed by atoms with Gasteiger partial charge in [0.25, 0.3) is 0 Å². The quantitative estimate of drug-likeness (QED) is 0.783. The lowest BCUT2D eigenvalue weighted by molar-refractivity contribution is -0.0726. The molecule has 0 amide bonds. The van der Waals surface area contributed by atoms with Crippen LogP contribution in [0, 0.1) is 6.92 Å². The molecule has 15 heavy (non-hydrogen) atoms. The van der Waals surface area contributed by atoms with Gasteiger partial charge in [-0.25, -0.2) is 4.79 Å². The molecule has 0 saturated carbocycles. The summed E-state index contributed by atoms with van der Waals surface area (Å²) in [6.45, 7) is -0.0101. The Morgan fingerprint density at radius 2 is 2.27 bits per heavy atom. The normalized spacial score (nSPS) is 11.5. The first-order valence-electron chi connectivity index (χ1n) is 4.10. The molecular formula is C9H10F2O4. The fraction of sp³-hybridized carbons (Fsp3) is 0.444. The maximum absolute atomic E-state index is 12.9. The van der Waals surface area contributed by atoms with Gasteiger partial charge in [-0.05, 0) is 6.92 Å². The second-order valence-electron chi connectivity index (χ2n) is 2.93. The number of carbonyl (C=O) groups excluding carboxylic acids is 1. The highest BCUT2D eigenvalue weighted by atomic mass is 19.3. The van der Waals surface area contributed by atoms with Gasteiger partial charge in [-0.3, -0.25) is 0 Å². The van der Waals surface area contributed by atoms with E-state index < -0.39 is 24.3 Å². The van der Waals surface area contributed by atoms with Crippen LogP contribution in [0.15, 0.2) is 10.5 Å². The third kappa shape index (κ3) is 2.15. The van der Waals surface area contributed by atoms with Crippen LogP contribution in [0.25, 0.3) is 0 Å². The van der Waals surface area contributed by atoms with E-state index >= 15 is 0 Å². The summed E-state index contributed by atoms with van der Waals surface area (Å²) < 4.78 is 35.0. The van der Waals surface area contributed by atoms with Crippen LogP contribution in [0.2, 0.25) is 0 Å². The minimum atomic E-state index is -3.49. The lowest BCUT2D eigenvalue weighted by atomic mass is 10.2. The van der Waals surface area contributed by atoms with Crippen molar-refractivity contribution < 1.29 is 27.8 Å². The molecule has 0 aliphatic rings. The van der Waals surface area contributed by atoms with Gasteiger partial charge in [-0.1, -0.05) is 0 Å². The number of furan rings is 1. The first kappa shape index (κ1) is 11.6. The van der Waals surface area contributed by atoms with Crippen molar-refractivity contribution in [1.29, 1.82) is 0 Å². The fourth-order valence-electron chi connectivity index (χ4n) is 1.05. The van der Waals surface area contributed by atoms with Crippen LogP contribution in [0.1, 0.15) is 21.9 Å². The lowest BCUT2D eigenvalue weighted by Crippen LogP contribution is -2.17. The number of methoxy groups -OCH3 is 1. The van der Waals surface area contributed by atoms with Gasteiger partial charge in [0, 0.05) is 6.07 Å².